The van der Waals surface area contributed by atoms with Crippen LogP contribution in [0.1, 0.15) is 19.3 Å². The summed E-state index contributed by atoms with van der Waals surface area (Å²) in [6.45, 7) is 1.82. The molecule has 0 aromatic heterocycles. The third-order valence-electron chi connectivity index (χ3n) is 3.16. The molecule has 0 spiro atoms. The highest BCUT2D eigenvalue weighted by molar-refractivity contribution is 5.90. The third-order valence-corrected chi connectivity index (χ3v) is 3.16. The second-order valence-corrected chi connectivity index (χ2v) is 4.55. The van der Waals surface area contributed by atoms with Crippen molar-refractivity contribution in [1.29, 1.82) is 0 Å². The van der Waals surface area contributed by atoms with E-state index in [0.29, 0.717) is 12.3 Å². The largest absolute Gasteiger partial charge is 0.323 e. The number of rotatable bonds is 3. The molecule has 18 heavy (non-hydrogen) atoms. The summed E-state index contributed by atoms with van der Waals surface area (Å²) in [4.78, 5) is 11.7. The number of piperidine rings is 1. The van der Waals surface area contributed by atoms with Crippen molar-refractivity contribution in [1.82, 2.24) is 5.32 Å². The third kappa shape index (κ3) is 3.26. The average Bonchev–Trinajstić information content (AvgIpc) is 2.36. The molecular formula is C13H16F2N2O. The van der Waals surface area contributed by atoms with Crippen molar-refractivity contribution in [3.05, 3.63) is 29.8 Å². The first-order valence-electron chi connectivity index (χ1n) is 6.11. The summed E-state index contributed by atoms with van der Waals surface area (Å²) in [6, 6.07) is 3.76. The van der Waals surface area contributed by atoms with E-state index >= 15 is 0 Å². The van der Waals surface area contributed by atoms with Gasteiger partial charge in [0.2, 0.25) is 5.91 Å². The Morgan fingerprint density at radius 1 is 1.33 bits per heavy atom. The molecule has 0 radical (unpaired) electrons. The number of amides is 1. The van der Waals surface area contributed by atoms with E-state index < -0.39 is 11.6 Å². The maximum Gasteiger partial charge on any atom is 0.224 e. The molecule has 1 fully saturated rings. The molecule has 1 aliphatic rings. The Bertz CT molecular complexity index is 431. The van der Waals surface area contributed by atoms with Crippen LogP contribution in [0.15, 0.2) is 18.2 Å². The van der Waals surface area contributed by atoms with Gasteiger partial charge in [0.1, 0.15) is 0 Å². The van der Waals surface area contributed by atoms with Crippen LogP contribution < -0.4 is 10.6 Å². The Balaban J connectivity index is 1.92. The number of carbonyl (C=O) groups excluding carboxylic acids is 1. The number of halogens is 2. The van der Waals surface area contributed by atoms with Crippen molar-refractivity contribution >= 4 is 11.6 Å². The van der Waals surface area contributed by atoms with Crippen LogP contribution in [0.2, 0.25) is 0 Å². The van der Waals surface area contributed by atoms with Crippen LogP contribution in [0.4, 0.5) is 14.5 Å². The minimum absolute atomic E-state index is 0.0889. The number of anilines is 1. The summed E-state index contributed by atoms with van der Waals surface area (Å²) >= 11 is 0. The molecule has 1 saturated heterocycles. The van der Waals surface area contributed by atoms with Gasteiger partial charge in [-0.05, 0) is 44.0 Å². The fourth-order valence-corrected chi connectivity index (χ4v) is 2.15. The van der Waals surface area contributed by atoms with E-state index in [-0.39, 0.29) is 11.6 Å². The van der Waals surface area contributed by atoms with Gasteiger partial charge in [-0.1, -0.05) is 6.07 Å². The summed E-state index contributed by atoms with van der Waals surface area (Å²) in [5.41, 5.74) is -0.0889. The molecule has 2 N–H and O–H groups in total. The highest BCUT2D eigenvalue weighted by atomic mass is 19.2. The highest BCUT2D eigenvalue weighted by Crippen LogP contribution is 2.19. The smallest absolute Gasteiger partial charge is 0.224 e. The van der Waals surface area contributed by atoms with Gasteiger partial charge in [-0.3, -0.25) is 4.79 Å². The zero-order chi connectivity index (χ0) is 13.0. The molecule has 1 aromatic carbocycles. The molecule has 1 heterocycles. The van der Waals surface area contributed by atoms with Crippen LogP contribution >= 0.6 is 0 Å². The SMILES string of the molecule is O=C(CC1CCNCC1)Nc1cccc(F)c1F. The predicted octanol–water partition coefficient (Wildman–Crippen LogP) is 2.29. The number of nitrogens with one attached hydrogen (secondary N) is 2. The Hall–Kier alpha value is -1.49. The van der Waals surface area contributed by atoms with Gasteiger partial charge in [0.15, 0.2) is 11.6 Å². The molecule has 3 nitrogen and oxygen atoms in total. The fraction of sp³-hybridized carbons (Fsp3) is 0.462. The van der Waals surface area contributed by atoms with E-state index in [2.05, 4.69) is 10.6 Å². The minimum atomic E-state index is -1.00. The molecule has 0 aliphatic carbocycles. The Morgan fingerprint density at radius 3 is 2.78 bits per heavy atom. The molecule has 0 bridgehead atoms. The minimum Gasteiger partial charge on any atom is -0.323 e. The highest BCUT2D eigenvalue weighted by Gasteiger charge is 2.18. The van der Waals surface area contributed by atoms with Crippen LogP contribution in [0, 0.1) is 17.6 Å². The van der Waals surface area contributed by atoms with Gasteiger partial charge >= 0.3 is 0 Å². The summed E-state index contributed by atoms with van der Waals surface area (Å²) in [6.07, 6.45) is 2.25. The summed E-state index contributed by atoms with van der Waals surface area (Å²) < 4.78 is 26.3. The van der Waals surface area contributed by atoms with E-state index in [4.69, 9.17) is 0 Å². The first-order valence-corrected chi connectivity index (χ1v) is 6.11. The number of hydrogen-bond acceptors (Lipinski definition) is 2. The summed E-state index contributed by atoms with van der Waals surface area (Å²) in [5, 5.41) is 5.64. The molecule has 0 unspecified atom stereocenters. The van der Waals surface area contributed by atoms with Gasteiger partial charge in [0.25, 0.3) is 0 Å². The maximum absolute atomic E-state index is 13.3. The van der Waals surface area contributed by atoms with Crippen LogP contribution in [-0.4, -0.2) is 19.0 Å². The van der Waals surface area contributed by atoms with Gasteiger partial charge in [-0.25, -0.2) is 8.78 Å². The summed E-state index contributed by atoms with van der Waals surface area (Å²) in [5.74, 6) is -1.89. The van der Waals surface area contributed by atoms with Crippen LogP contribution in [0.3, 0.4) is 0 Å². The summed E-state index contributed by atoms with van der Waals surface area (Å²) in [7, 11) is 0. The maximum atomic E-state index is 13.3. The number of benzene rings is 1. The first kappa shape index (κ1) is 13.0. The first-order chi connectivity index (χ1) is 8.66. The molecule has 1 aliphatic heterocycles. The van der Waals surface area contributed by atoms with Gasteiger partial charge in [-0.2, -0.15) is 0 Å². The van der Waals surface area contributed by atoms with Gasteiger partial charge < -0.3 is 10.6 Å². The molecule has 2 rings (SSSR count). The average molecular weight is 254 g/mol. The van der Waals surface area contributed by atoms with Crippen LogP contribution in [-0.2, 0) is 4.79 Å². The lowest BCUT2D eigenvalue weighted by Gasteiger charge is -2.21. The molecule has 5 heteroatoms. The van der Waals surface area contributed by atoms with Crippen molar-refractivity contribution in [2.45, 2.75) is 19.3 Å². The van der Waals surface area contributed by atoms with Gasteiger partial charge in [-0.15, -0.1) is 0 Å². The zero-order valence-corrected chi connectivity index (χ0v) is 10.0. The topological polar surface area (TPSA) is 41.1 Å². The number of carbonyl (C=O) groups is 1. The van der Waals surface area contributed by atoms with E-state index in [9.17, 15) is 13.6 Å². The lowest BCUT2D eigenvalue weighted by molar-refractivity contribution is -0.117. The standard InChI is InChI=1S/C13H16F2N2O/c14-10-2-1-3-11(13(10)15)17-12(18)8-9-4-6-16-7-5-9/h1-3,9,16H,4-8H2,(H,17,18). The predicted molar refractivity (Wildman–Crippen MR) is 65.2 cm³/mol. The Morgan fingerprint density at radius 2 is 2.06 bits per heavy atom. The van der Waals surface area contributed by atoms with Crippen LogP contribution in [0.5, 0.6) is 0 Å². The van der Waals surface area contributed by atoms with Crippen LogP contribution in [0.25, 0.3) is 0 Å². The lowest BCUT2D eigenvalue weighted by atomic mass is 9.94. The molecule has 0 saturated carbocycles. The zero-order valence-electron chi connectivity index (χ0n) is 10.0. The lowest BCUT2D eigenvalue weighted by Crippen LogP contribution is -2.30. The van der Waals surface area contributed by atoms with Crippen molar-refractivity contribution in [3.8, 4) is 0 Å². The van der Waals surface area contributed by atoms with Crippen molar-refractivity contribution in [2.75, 3.05) is 18.4 Å². The quantitative estimate of drug-likeness (QED) is 0.869. The van der Waals surface area contributed by atoms with Crippen molar-refractivity contribution < 1.29 is 13.6 Å². The normalized spacial score (nSPS) is 16.6. The van der Waals surface area contributed by atoms with Gasteiger partial charge in [0, 0.05) is 6.42 Å². The molecular weight excluding hydrogens is 238 g/mol. The number of hydrogen-bond donors (Lipinski definition) is 2. The van der Waals surface area contributed by atoms with Crippen molar-refractivity contribution in [2.24, 2.45) is 5.92 Å². The molecule has 1 amide bonds. The molecule has 98 valence electrons. The van der Waals surface area contributed by atoms with E-state index in [1.807, 2.05) is 0 Å². The van der Waals surface area contributed by atoms with E-state index in [1.54, 1.807) is 0 Å². The monoisotopic (exact) mass is 254 g/mol. The van der Waals surface area contributed by atoms with E-state index in [0.717, 1.165) is 32.0 Å². The molecule has 0 atom stereocenters. The second-order valence-electron chi connectivity index (χ2n) is 4.55. The molecule has 1 aromatic rings. The van der Waals surface area contributed by atoms with E-state index in [1.165, 1.54) is 12.1 Å². The van der Waals surface area contributed by atoms with Gasteiger partial charge in [0.05, 0.1) is 5.69 Å². The Labute approximate surface area is 105 Å². The second kappa shape index (κ2) is 5.91. The Kier molecular flexibility index (Phi) is 4.25. The fourth-order valence-electron chi connectivity index (χ4n) is 2.15. The van der Waals surface area contributed by atoms with Crippen molar-refractivity contribution in [3.63, 3.8) is 0 Å².